The molecule has 1 aliphatic heterocycles. The van der Waals surface area contributed by atoms with Crippen LogP contribution < -0.4 is 14.8 Å². The van der Waals surface area contributed by atoms with E-state index in [4.69, 9.17) is 9.88 Å². The number of carboxylic acid groups (broad SMARTS) is 1. The number of hydrogen-bond acceptors (Lipinski definition) is 5. The summed E-state index contributed by atoms with van der Waals surface area (Å²) in [5.74, 6) is -1.64. The van der Waals surface area contributed by atoms with Gasteiger partial charge in [-0.25, -0.2) is 18.4 Å². The lowest BCUT2D eigenvalue weighted by molar-refractivity contribution is -0.137. The maximum Gasteiger partial charge on any atom is 0.416 e. The van der Waals surface area contributed by atoms with Crippen molar-refractivity contribution >= 4 is 21.7 Å². The van der Waals surface area contributed by atoms with E-state index in [1.165, 1.54) is 6.07 Å². The SMILES string of the molecule is CC1CCC(C)N1c1cc(C(=O)O)cc(S(N)(=O)=O)c1Oc1ccc(C(F)(F)F)cc1. The fourth-order valence-corrected chi connectivity index (χ4v) is 4.41. The fraction of sp³-hybridized carbons (Fsp3) is 0.350. The molecule has 1 fully saturated rings. The van der Waals surface area contributed by atoms with Gasteiger partial charge in [0, 0.05) is 12.1 Å². The topological polar surface area (TPSA) is 110 Å². The number of carboxylic acids is 1. The van der Waals surface area contributed by atoms with Crippen molar-refractivity contribution in [2.45, 2.75) is 49.8 Å². The molecule has 0 aromatic heterocycles. The van der Waals surface area contributed by atoms with Crippen molar-refractivity contribution in [2.75, 3.05) is 4.90 Å². The Bertz CT molecular complexity index is 1090. The summed E-state index contributed by atoms with van der Waals surface area (Å²) in [6.07, 6.45) is -2.98. The predicted molar refractivity (Wildman–Crippen MR) is 107 cm³/mol. The lowest BCUT2D eigenvalue weighted by atomic mass is 10.1. The molecule has 1 saturated heterocycles. The van der Waals surface area contributed by atoms with Gasteiger partial charge in [-0.15, -0.1) is 0 Å². The number of halogens is 3. The lowest BCUT2D eigenvalue weighted by Crippen LogP contribution is -2.33. The van der Waals surface area contributed by atoms with E-state index in [-0.39, 0.29) is 34.8 Å². The van der Waals surface area contributed by atoms with E-state index in [0.29, 0.717) is 0 Å². The standard InChI is InChI=1S/C20H21F3N2O5S/c1-11-3-4-12(2)25(11)16-9-13(19(26)27)10-17(31(24,28)29)18(16)30-15-7-5-14(6-8-15)20(21,22)23/h5-12H,3-4H2,1-2H3,(H,26,27)(H2,24,28,29). The molecular weight excluding hydrogens is 437 g/mol. The van der Waals surface area contributed by atoms with Gasteiger partial charge in [0.25, 0.3) is 0 Å². The number of rotatable bonds is 5. The Balaban J connectivity index is 2.20. The van der Waals surface area contributed by atoms with Crippen molar-refractivity contribution in [1.29, 1.82) is 0 Å². The lowest BCUT2D eigenvalue weighted by Gasteiger charge is -2.31. The number of carbonyl (C=O) groups is 1. The largest absolute Gasteiger partial charge is 0.478 e. The second-order valence-electron chi connectivity index (χ2n) is 7.48. The quantitative estimate of drug-likeness (QED) is 0.694. The van der Waals surface area contributed by atoms with Gasteiger partial charge in [-0.1, -0.05) is 0 Å². The van der Waals surface area contributed by atoms with Crippen LogP contribution in [0.25, 0.3) is 0 Å². The summed E-state index contributed by atoms with van der Waals surface area (Å²) >= 11 is 0. The number of hydrogen-bond donors (Lipinski definition) is 2. The minimum Gasteiger partial charge on any atom is -0.478 e. The number of alkyl halides is 3. The molecule has 7 nitrogen and oxygen atoms in total. The zero-order chi connectivity index (χ0) is 23.1. The highest BCUT2D eigenvalue weighted by molar-refractivity contribution is 7.89. The van der Waals surface area contributed by atoms with Gasteiger partial charge in [0.1, 0.15) is 10.6 Å². The molecule has 1 aliphatic rings. The summed E-state index contributed by atoms with van der Waals surface area (Å²) in [6, 6.07) is 5.78. The van der Waals surface area contributed by atoms with Crippen LogP contribution in [0.5, 0.6) is 11.5 Å². The van der Waals surface area contributed by atoms with Gasteiger partial charge >= 0.3 is 12.1 Å². The molecule has 0 spiro atoms. The van der Waals surface area contributed by atoms with Gasteiger partial charge in [0.2, 0.25) is 10.0 Å². The van der Waals surface area contributed by atoms with Crippen molar-refractivity contribution in [1.82, 2.24) is 0 Å². The average Bonchev–Trinajstić information content (AvgIpc) is 2.99. The van der Waals surface area contributed by atoms with Crippen LogP contribution in [-0.2, 0) is 16.2 Å². The third-order valence-corrected chi connectivity index (χ3v) is 6.14. The molecule has 0 radical (unpaired) electrons. The second kappa shape index (κ2) is 8.04. The van der Waals surface area contributed by atoms with Crippen LogP contribution in [0.15, 0.2) is 41.3 Å². The first-order chi connectivity index (χ1) is 14.3. The Labute approximate surface area is 177 Å². The smallest absolute Gasteiger partial charge is 0.416 e. The molecule has 0 aliphatic carbocycles. The maximum absolute atomic E-state index is 12.8. The van der Waals surface area contributed by atoms with E-state index in [1.54, 1.807) is 0 Å². The van der Waals surface area contributed by atoms with E-state index >= 15 is 0 Å². The van der Waals surface area contributed by atoms with E-state index in [1.807, 2.05) is 18.7 Å². The minimum absolute atomic E-state index is 0.0534. The van der Waals surface area contributed by atoms with Gasteiger partial charge in [-0.05, 0) is 63.1 Å². The summed E-state index contributed by atoms with van der Waals surface area (Å²) in [5, 5.41) is 14.8. The minimum atomic E-state index is -4.54. The Kier molecular flexibility index (Phi) is 5.94. The Hall–Kier alpha value is -2.79. The maximum atomic E-state index is 12.8. The van der Waals surface area contributed by atoms with Gasteiger partial charge in [-0.2, -0.15) is 13.2 Å². The molecule has 31 heavy (non-hydrogen) atoms. The number of benzene rings is 2. The molecule has 1 heterocycles. The monoisotopic (exact) mass is 458 g/mol. The Morgan fingerprint density at radius 2 is 1.68 bits per heavy atom. The molecule has 168 valence electrons. The van der Waals surface area contributed by atoms with E-state index < -0.39 is 32.6 Å². The molecule has 2 aromatic rings. The van der Waals surface area contributed by atoms with E-state index in [9.17, 15) is 31.5 Å². The zero-order valence-corrected chi connectivity index (χ0v) is 17.5. The molecule has 0 bridgehead atoms. The summed E-state index contributed by atoms with van der Waals surface area (Å²) < 4.78 is 68.8. The molecule has 3 rings (SSSR count). The van der Waals surface area contributed by atoms with Crippen LogP contribution in [0.1, 0.15) is 42.6 Å². The molecule has 2 aromatic carbocycles. The van der Waals surface area contributed by atoms with Crippen molar-refractivity contribution in [3.05, 3.63) is 47.5 Å². The molecule has 2 unspecified atom stereocenters. The van der Waals surface area contributed by atoms with Gasteiger partial charge in [0.15, 0.2) is 5.75 Å². The molecule has 0 amide bonds. The number of ether oxygens (including phenoxy) is 1. The molecule has 3 N–H and O–H groups in total. The third-order valence-electron chi connectivity index (χ3n) is 5.22. The number of aromatic carboxylic acids is 1. The molecular formula is C20H21F3N2O5S. The molecule has 0 saturated carbocycles. The van der Waals surface area contributed by atoms with Crippen molar-refractivity contribution in [2.24, 2.45) is 5.14 Å². The summed E-state index contributed by atoms with van der Waals surface area (Å²) in [6.45, 7) is 3.80. The number of anilines is 1. The number of nitrogens with two attached hydrogens (primary N) is 1. The normalized spacial score (nSPS) is 19.5. The van der Waals surface area contributed by atoms with Gasteiger partial charge in [0.05, 0.1) is 16.8 Å². The second-order valence-corrected chi connectivity index (χ2v) is 9.01. The van der Waals surface area contributed by atoms with Crippen LogP contribution in [-0.4, -0.2) is 31.6 Å². The predicted octanol–water partition coefficient (Wildman–Crippen LogP) is 4.22. The summed E-state index contributed by atoms with van der Waals surface area (Å²) in [7, 11) is -4.42. The summed E-state index contributed by atoms with van der Waals surface area (Å²) in [5.41, 5.74) is -0.999. The number of primary sulfonamides is 1. The van der Waals surface area contributed by atoms with Crippen LogP contribution in [0.2, 0.25) is 0 Å². The van der Waals surface area contributed by atoms with E-state index in [2.05, 4.69) is 0 Å². The Morgan fingerprint density at radius 3 is 2.13 bits per heavy atom. The van der Waals surface area contributed by atoms with Crippen LogP contribution >= 0.6 is 0 Å². The zero-order valence-electron chi connectivity index (χ0n) is 16.7. The first-order valence-corrected chi connectivity index (χ1v) is 10.9. The molecule has 2 atom stereocenters. The summed E-state index contributed by atoms with van der Waals surface area (Å²) in [4.78, 5) is 12.9. The third kappa shape index (κ3) is 4.77. The average molecular weight is 458 g/mol. The van der Waals surface area contributed by atoms with Crippen LogP contribution in [0.4, 0.5) is 18.9 Å². The van der Waals surface area contributed by atoms with Crippen molar-refractivity contribution in [3.63, 3.8) is 0 Å². The van der Waals surface area contributed by atoms with E-state index in [0.717, 1.165) is 43.2 Å². The number of sulfonamides is 1. The highest BCUT2D eigenvalue weighted by atomic mass is 32.2. The van der Waals surface area contributed by atoms with Crippen molar-refractivity contribution in [3.8, 4) is 11.5 Å². The van der Waals surface area contributed by atoms with Crippen LogP contribution in [0.3, 0.4) is 0 Å². The highest BCUT2D eigenvalue weighted by Gasteiger charge is 2.34. The molecule has 11 heteroatoms. The van der Waals surface area contributed by atoms with Crippen molar-refractivity contribution < 1.29 is 36.2 Å². The Morgan fingerprint density at radius 1 is 1.13 bits per heavy atom. The highest BCUT2D eigenvalue weighted by Crippen LogP contribution is 2.43. The first-order valence-electron chi connectivity index (χ1n) is 9.36. The fourth-order valence-electron chi connectivity index (χ4n) is 3.72. The number of nitrogens with zero attached hydrogens (tertiary/aromatic N) is 1. The van der Waals surface area contributed by atoms with Crippen LogP contribution in [0, 0.1) is 0 Å². The first kappa shape index (κ1) is 22.9. The van der Waals surface area contributed by atoms with Gasteiger partial charge in [-0.3, -0.25) is 0 Å². The van der Waals surface area contributed by atoms with Gasteiger partial charge < -0.3 is 14.7 Å².